The van der Waals surface area contributed by atoms with E-state index in [-0.39, 0.29) is 31.9 Å². The molecule has 4 rings (SSSR count). The highest BCUT2D eigenvalue weighted by Crippen LogP contribution is 2.44. The zero-order chi connectivity index (χ0) is 24.1. The Bertz CT molecular complexity index is 1160. The van der Waals surface area contributed by atoms with Crippen LogP contribution in [0.15, 0.2) is 65.1 Å². The summed E-state index contributed by atoms with van der Waals surface area (Å²) in [5.74, 6) is -0.420. The number of carboxylic acids is 1. The molecule has 0 bridgehead atoms. The number of amides is 2. The molecule has 1 aliphatic rings. The minimum absolute atomic E-state index is 0.0669. The lowest BCUT2D eigenvalue weighted by atomic mass is 9.98. The maximum absolute atomic E-state index is 12.6. The summed E-state index contributed by atoms with van der Waals surface area (Å²) >= 11 is 0. The minimum Gasteiger partial charge on any atom is -0.481 e. The quantitative estimate of drug-likeness (QED) is 0.443. The molecular formula is C26H26N2O6. The maximum atomic E-state index is 12.6. The number of ether oxygens (including phenoxy) is 1. The van der Waals surface area contributed by atoms with Gasteiger partial charge in [-0.25, -0.2) is 4.79 Å². The second-order valence-corrected chi connectivity index (χ2v) is 8.19. The van der Waals surface area contributed by atoms with E-state index in [0.717, 1.165) is 22.3 Å². The van der Waals surface area contributed by atoms with Crippen LogP contribution in [0.4, 0.5) is 4.79 Å². The van der Waals surface area contributed by atoms with Crippen LogP contribution in [0.2, 0.25) is 0 Å². The number of rotatable bonds is 9. The van der Waals surface area contributed by atoms with E-state index in [9.17, 15) is 14.4 Å². The Balaban J connectivity index is 1.38. The molecule has 1 aromatic heterocycles. The van der Waals surface area contributed by atoms with Gasteiger partial charge in [0, 0.05) is 12.3 Å². The summed E-state index contributed by atoms with van der Waals surface area (Å²) in [6.07, 6.45) is -1.12. The van der Waals surface area contributed by atoms with Gasteiger partial charge in [0.15, 0.2) is 0 Å². The second-order valence-electron chi connectivity index (χ2n) is 8.19. The van der Waals surface area contributed by atoms with Crippen molar-refractivity contribution in [1.29, 1.82) is 0 Å². The van der Waals surface area contributed by atoms with Gasteiger partial charge in [-0.1, -0.05) is 48.5 Å². The van der Waals surface area contributed by atoms with Crippen molar-refractivity contribution in [3.63, 3.8) is 0 Å². The number of alkyl carbamates (subject to hydrolysis) is 1. The third-order valence-corrected chi connectivity index (χ3v) is 5.83. The van der Waals surface area contributed by atoms with Crippen LogP contribution < -0.4 is 10.6 Å². The average molecular weight is 463 g/mol. The molecule has 176 valence electrons. The number of hydrogen-bond acceptors (Lipinski definition) is 5. The van der Waals surface area contributed by atoms with Crippen molar-refractivity contribution in [3.05, 3.63) is 83.3 Å². The van der Waals surface area contributed by atoms with Gasteiger partial charge in [-0.05, 0) is 47.7 Å². The first-order chi connectivity index (χ1) is 16.4. The second kappa shape index (κ2) is 10.2. The normalized spacial score (nSPS) is 13.0. The van der Waals surface area contributed by atoms with Gasteiger partial charge >= 0.3 is 12.1 Å². The molecule has 0 spiro atoms. The highest BCUT2D eigenvalue weighted by molar-refractivity contribution is 5.86. The van der Waals surface area contributed by atoms with Crippen molar-refractivity contribution in [3.8, 4) is 11.1 Å². The topological polar surface area (TPSA) is 118 Å². The van der Waals surface area contributed by atoms with Gasteiger partial charge in [0.05, 0.1) is 6.54 Å². The standard InChI is InChI=1S/C26H26N2O6/c1-16-10-11-17(34-16)14-27-25(31)23(12-13-24(29)30)28-26(32)33-15-22-20-8-4-2-6-18(20)19-7-3-5-9-21(19)22/h2-11,22-23H,12-15H2,1H3,(H,27,31)(H,28,32)(H,29,30). The van der Waals surface area contributed by atoms with E-state index in [2.05, 4.69) is 10.6 Å². The molecule has 1 heterocycles. The van der Waals surface area contributed by atoms with Gasteiger partial charge in [-0.3, -0.25) is 9.59 Å². The van der Waals surface area contributed by atoms with Gasteiger partial charge in [-0.15, -0.1) is 0 Å². The molecular weight excluding hydrogens is 436 g/mol. The first kappa shape index (κ1) is 23.1. The van der Waals surface area contributed by atoms with Gasteiger partial charge in [-0.2, -0.15) is 0 Å². The molecule has 34 heavy (non-hydrogen) atoms. The predicted octanol–water partition coefficient (Wildman–Crippen LogP) is 3.98. The molecule has 0 saturated carbocycles. The summed E-state index contributed by atoms with van der Waals surface area (Å²) < 4.78 is 10.9. The molecule has 0 aliphatic heterocycles. The Hall–Kier alpha value is -4.07. The molecule has 3 aromatic rings. The number of aryl methyl sites for hydroxylation is 1. The summed E-state index contributed by atoms with van der Waals surface area (Å²) in [7, 11) is 0. The van der Waals surface area contributed by atoms with Crippen molar-refractivity contribution in [1.82, 2.24) is 10.6 Å². The van der Waals surface area contributed by atoms with E-state index < -0.39 is 24.0 Å². The van der Waals surface area contributed by atoms with E-state index in [1.165, 1.54) is 0 Å². The molecule has 0 fully saturated rings. The van der Waals surface area contributed by atoms with Gasteiger partial charge in [0.2, 0.25) is 5.91 Å². The van der Waals surface area contributed by atoms with E-state index >= 15 is 0 Å². The highest BCUT2D eigenvalue weighted by Gasteiger charge is 2.30. The van der Waals surface area contributed by atoms with Crippen LogP contribution in [0.25, 0.3) is 11.1 Å². The summed E-state index contributed by atoms with van der Waals surface area (Å²) in [5, 5.41) is 14.2. The van der Waals surface area contributed by atoms with Crippen molar-refractivity contribution >= 4 is 18.0 Å². The molecule has 1 atom stereocenters. The lowest BCUT2D eigenvalue weighted by Crippen LogP contribution is -2.47. The number of furan rings is 1. The summed E-state index contributed by atoms with van der Waals surface area (Å²) in [6.45, 7) is 2.01. The number of benzene rings is 2. The van der Waals surface area contributed by atoms with Crippen molar-refractivity contribution < 1.29 is 28.6 Å². The molecule has 0 radical (unpaired) electrons. The van der Waals surface area contributed by atoms with Crippen LogP contribution in [0.5, 0.6) is 0 Å². The first-order valence-electron chi connectivity index (χ1n) is 11.1. The van der Waals surface area contributed by atoms with E-state index in [0.29, 0.717) is 11.5 Å². The average Bonchev–Trinajstić information content (AvgIpc) is 3.39. The lowest BCUT2D eigenvalue weighted by molar-refractivity contribution is -0.137. The van der Waals surface area contributed by atoms with Crippen LogP contribution in [-0.4, -0.2) is 35.7 Å². The zero-order valence-corrected chi connectivity index (χ0v) is 18.7. The largest absolute Gasteiger partial charge is 0.481 e. The lowest BCUT2D eigenvalue weighted by Gasteiger charge is -2.19. The Morgan fingerprint density at radius 1 is 1.00 bits per heavy atom. The van der Waals surface area contributed by atoms with Gasteiger partial charge in [0.1, 0.15) is 24.2 Å². The fraction of sp³-hybridized carbons (Fsp3) is 0.269. The summed E-state index contributed by atoms with van der Waals surface area (Å²) in [6, 6.07) is 18.4. The number of carboxylic acid groups (broad SMARTS) is 1. The monoisotopic (exact) mass is 462 g/mol. The zero-order valence-electron chi connectivity index (χ0n) is 18.7. The van der Waals surface area contributed by atoms with Crippen molar-refractivity contribution in [2.75, 3.05) is 6.61 Å². The van der Waals surface area contributed by atoms with Crippen molar-refractivity contribution in [2.45, 2.75) is 38.3 Å². The van der Waals surface area contributed by atoms with E-state index in [4.69, 9.17) is 14.3 Å². The van der Waals surface area contributed by atoms with Crippen LogP contribution in [0.3, 0.4) is 0 Å². The number of carbonyl (C=O) groups excluding carboxylic acids is 2. The van der Waals surface area contributed by atoms with E-state index in [1.54, 1.807) is 19.1 Å². The molecule has 8 nitrogen and oxygen atoms in total. The molecule has 2 aromatic carbocycles. The molecule has 1 unspecified atom stereocenters. The number of fused-ring (bicyclic) bond motifs is 3. The third kappa shape index (κ3) is 5.28. The fourth-order valence-electron chi connectivity index (χ4n) is 4.20. The summed E-state index contributed by atoms with van der Waals surface area (Å²) in [4.78, 5) is 36.3. The Kier molecular flexibility index (Phi) is 6.96. The highest BCUT2D eigenvalue weighted by atomic mass is 16.5. The van der Waals surface area contributed by atoms with E-state index in [1.807, 2.05) is 48.5 Å². The Morgan fingerprint density at radius 3 is 2.24 bits per heavy atom. The molecule has 8 heteroatoms. The number of aliphatic carboxylic acids is 1. The minimum atomic E-state index is -1.06. The first-order valence-corrected chi connectivity index (χ1v) is 11.1. The number of hydrogen-bond donors (Lipinski definition) is 3. The van der Waals surface area contributed by atoms with Gasteiger partial charge in [0.25, 0.3) is 0 Å². The molecule has 1 aliphatic carbocycles. The molecule has 2 amide bonds. The van der Waals surface area contributed by atoms with Gasteiger partial charge < -0.3 is 24.9 Å². The van der Waals surface area contributed by atoms with Crippen molar-refractivity contribution in [2.24, 2.45) is 0 Å². The summed E-state index contributed by atoms with van der Waals surface area (Å²) in [5.41, 5.74) is 4.37. The SMILES string of the molecule is Cc1ccc(CNC(=O)C(CCC(=O)O)NC(=O)OCC2c3ccccc3-c3ccccc32)o1. The Labute approximate surface area is 196 Å². The van der Waals surface area contributed by atoms with Crippen LogP contribution in [-0.2, 0) is 20.9 Å². The maximum Gasteiger partial charge on any atom is 0.407 e. The van der Waals surface area contributed by atoms with Crippen LogP contribution >= 0.6 is 0 Å². The molecule has 0 saturated heterocycles. The number of carbonyl (C=O) groups is 3. The Morgan fingerprint density at radius 2 is 1.65 bits per heavy atom. The number of nitrogens with one attached hydrogen (secondary N) is 2. The fourth-order valence-corrected chi connectivity index (χ4v) is 4.20. The smallest absolute Gasteiger partial charge is 0.407 e. The van der Waals surface area contributed by atoms with Crippen LogP contribution in [0, 0.1) is 6.92 Å². The third-order valence-electron chi connectivity index (χ3n) is 5.83. The predicted molar refractivity (Wildman–Crippen MR) is 124 cm³/mol. The van der Waals surface area contributed by atoms with Crippen LogP contribution in [0.1, 0.15) is 41.4 Å². The molecule has 3 N–H and O–H groups in total.